The van der Waals surface area contributed by atoms with Crippen LogP contribution >= 0.6 is 0 Å². The summed E-state index contributed by atoms with van der Waals surface area (Å²) >= 11 is 0. The molecule has 6 unspecified atom stereocenters. The number of hydrogen-bond acceptors (Lipinski definition) is 4. The first-order chi connectivity index (χ1) is 9.61. The van der Waals surface area contributed by atoms with Gasteiger partial charge < -0.3 is 14.6 Å². The van der Waals surface area contributed by atoms with Crippen LogP contribution in [-0.2, 0) is 14.3 Å². The van der Waals surface area contributed by atoms with Crippen LogP contribution in [0, 0.1) is 11.8 Å². The molecule has 114 valence electrons. The molecule has 6 atom stereocenters. The zero-order valence-corrected chi connectivity index (χ0v) is 12.3. The summed E-state index contributed by atoms with van der Waals surface area (Å²) in [5.74, 6) is 1.13. The third-order valence-corrected chi connectivity index (χ3v) is 5.28. The van der Waals surface area contributed by atoms with Gasteiger partial charge in [-0.2, -0.15) is 0 Å². The minimum Gasteiger partial charge on any atom is -0.460 e. The number of aliphatic hydroxyl groups excluding tert-OH is 1. The van der Waals surface area contributed by atoms with Crippen LogP contribution in [0.4, 0.5) is 0 Å². The summed E-state index contributed by atoms with van der Waals surface area (Å²) in [5.41, 5.74) is 0. The lowest BCUT2D eigenvalue weighted by atomic mass is 9.78. The van der Waals surface area contributed by atoms with Crippen LogP contribution in [0.25, 0.3) is 0 Å². The molecule has 2 aliphatic carbocycles. The third kappa shape index (κ3) is 3.53. The monoisotopic (exact) mass is 282 g/mol. The van der Waals surface area contributed by atoms with Gasteiger partial charge in [0, 0.05) is 6.92 Å². The molecule has 4 heteroatoms. The number of fused-ring (bicyclic) bond motifs is 1. The Labute approximate surface area is 120 Å². The molecule has 1 heterocycles. The second kappa shape index (κ2) is 6.02. The smallest absolute Gasteiger partial charge is 0.302 e. The van der Waals surface area contributed by atoms with Crippen LogP contribution in [0.5, 0.6) is 0 Å². The first-order valence-electron chi connectivity index (χ1n) is 8.12. The molecule has 1 N–H and O–H groups in total. The highest BCUT2D eigenvalue weighted by atomic mass is 16.6. The number of carbonyl (C=O) groups excluding carboxylic acids is 1. The van der Waals surface area contributed by atoms with E-state index in [1.54, 1.807) is 0 Å². The minimum absolute atomic E-state index is 0.279. The quantitative estimate of drug-likeness (QED) is 0.635. The fourth-order valence-corrected chi connectivity index (χ4v) is 4.04. The summed E-state index contributed by atoms with van der Waals surface area (Å²) in [6, 6.07) is 0. The summed E-state index contributed by atoms with van der Waals surface area (Å²) in [7, 11) is 0. The van der Waals surface area contributed by atoms with E-state index in [9.17, 15) is 9.90 Å². The lowest BCUT2D eigenvalue weighted by Gasteiger charge is -2.33. The average Bonchev–Trinajstić information content (AvgIpc) is 3.17. The Bertz CT molecular complexity index is 356. The van der Waals surface area contributed by atoms with Gasteiger partial charge in [-0.05, 0) is 50.4 Å². The maximum absolute atomic E-state index is 11.0. The molecular weight excluding hydrogens is 256 g/mol. The van der Waals surface area contributed by atoms with Crippen molar-refractivity contribution in [3.63, 3.8) is 0 Å². The van der Waals surface area contributed by atoms with E-state index < -0.39 is 6.10 Å². The van der Waals surface area contributed by atoms with Crippen molar-refractivity contribution in [2.45, 2.75) is 82.7 Å². The molecule has 2 saturated carbocycles. The number of esters is 1. The molecule has 3 rings (SSSR count). The maximum atomic E-state index is 11.0. The van der Waals surface area contributed by atoms with Gasteiger partial charge >= 0.3 is 5.97 Å². The molecule has 3 fully saturated rings. The number of carbonyl (C=O) groups is 1. The Kier molecular flexibility index (Phi) is 4.32. The van der Waals surface area contributed by atoms with Gasteiger partial charge in [-0.15, -0.1) is 0 Å². The van der Waals surface area contributed by atoms with Crippen LogP contribution < -0.4 is 0 Å². The number of epoxide rings is 1. The maximum Gasteiger partial charge on any atom is 0.302 e. The highest BCUT2D eigenvalue weighted by molar-refractivity contribution is 5.66. The summed E-state index contributed by atoms with van der Waals surface area (Å²) in [6.45, 7) is 1.41. The first-order valence-corrected chi connectivity index (χ1v) is 8.12. The van der Waals surface area contributed by atoms with Gasteiger partial charge in [0.05, 0.1) is 18.3 Å². The van der Waals surface area contributed by atoms with Crippen molar-refractivity contribution < 1.29 is 19.4 Å². The topological polar surface area (TPSA) is 59.1 Å². The predicted molar refractivity (Wildman–Crippen MR) is 74.1 cm³/mol. The lowest BCUT2D eigenvalue weighted by Crippen LogP contribution is -2.37. The molecule has 0 bridgehead atoms. The molecule has 1 saturated heterocycles. The first kappa shape index (κ1) is 14.3. The molecule has 3 aliphatic rings. The summed E-state index contributed by atoms with van der Waals surface area (Å²) in [5, 5.41) is 10.1. The number of rotatable bonds is 4. The number of aliphatic hydroxyl groups is 1. The van der Waals surface area contributed by atoms with Crippen molar-refractivity contribution in [3.05, 3.63) is 0 Å². The van der Waals surface area contributed by atoms with E-state index in [1.165, 1.54) is 39.0 Å². The molecule has 1 aliphatic heterocycles. The molecule has 0 aromatic heterocycles. The zero-order valence-electron chi connectivity index (χ0n) is 12.3. The second-order valence-corrected chi connectivity index (χ2v) is 6.86. The van der Waals surface area contributed by atoms with Gasteiger partial charge in [-0.3, -0.25) is 4.79 Å². The predicted octanol–water partition coefficient (Wildman–Crippen LogP) is 2.43. The number of ether oxygens (including phenoxy) is 2. The lowest BCUT2D eigenvalue weighted by molar-refractivity contribution is -0.156. The van der Waals surface area contributed by atoms with Gasteiger partial charge in [0.1, 0.15) is 6.10 Å². The van der Waals surface area contributed by atoms with Crippen LogP contribution in [0.3, 0.4) is 0 Å². The van der Waals surface area contributed by atoms with E-state index in [4.69, 9.17) is 9.47 Å². The Hall–Kier alpha value is -0.610. The van der Waals surface area contributed by atoms with Crippen molar-refractivity contribution in [2.24, 2.45) is 11.8 Å². The summed E-state index contributed by atoms with van der Waals surface area (Å²) < 4.78 is 10.7. The van der Waals surface area contributed by atoms with E-state index in [-0.39, 0.29) is 12.1 Å². The Morgan fingerprint density at radius 1 is 1.10 bits per heavy atom. The molecule has 20 heavy (non-hydrogen) atoms. The molecule has 0 spiro atoms. The number of hydrogen-bond donors (Lipinski definition) is 1. The normalized spacial score (nSPS) is 43.7. The van der Waals surface area contributed by atoms with E-state index in [1.807, 2.05) is 0 Å². The Balaban J connectivity index is 1.37. The Morgan fingerprint density at radius 2 is 1.80 bits per heavy atom. The van der Waals surface area contributed by atoms with Crippen molar-refractivity contribution in [2.75, 3.05) is 0 Å². The van der Waals surface area contributed by atoms with Crippen LogP contribution in [0.1, 0.15) is 58.3 Å². The van der Waals surface area contributed by atoms with Gasteiger partial charge in [0.15, 0.2) is 0 Å². The SMILES string of the molecule is CC(=O)OC1CCC(CCC2CCC3OC3C2)CC1O. The fraction of sp³-hybridized carbons (Fsp3) is 0.938. The summed E-state index contributed by atoms with van der Waals surface area (Å²) in [6.07, 6.45) is 9.35. The molecule has 0 aromatic carbocycles. The van der Waals surface area contributed by atoms with Gasteiger partial charge in [0.2, 0.25) is 0 Å². The van der Waals surface area contributed by atoms with E-state index >= 15 is 0 Å². The fourth-order valence-electron chi connectivity index (χ4n) is 4.04. The highest BCUT2D eigenvalue weighted by Gasteiger charge is 2.43. The van der Waals surface area contributed by atoms with Crippen molar-refractivity contribution in [1.29, 1.82) is 0 Å². The van der Waals surface area contributed by atoms with Gasteiger partial charge in [0.25, 0.3) is 0 Å². The van der Waals surface area contributed by atoms with Crippen LogP contribution in [-0.4, -0.2) is 35.5 Å². The van der Waals surface area contributed by atoms with Gasteiger partial charge in [-0.1, -0.05) is 12.8 Å². The van der Waals surface area contributed by atoms with E-state index in [0.29, 0.717) is 18.1 Å². The third-order valence-electron chi connectivity index (χ3n) is 5.28. The highest BCUT2D eigenvalue weighted by Crippen LogP contribution is 2.42. The molecule has 4 nitrogen and oxygen atoms in total. The van der Waals surface area contributed by atoms with Gasteiger partial charge in [-0.25, -0.2) is 0 Å². The average molecular weight is 282 g/mol. The largest absolute Gasteiger partial charge is 0.460 e. The van der Waals surface area contributed by atoms with Crippen molar-refractivity contribution >= 4 is 5.97 Å². The van der Waals surface area contributed by atoms with Crippen LogP contribution in [0.2, 0.25) is 0 Å². The zero-order chi connectivity index (χ0) is 14.1. The minimum atomic E-state index is -0.472. The second-order valence-electron chi connectivity index (χ2n) is 6.86. The van der Waals surface area contributed by atoms with E-state index in [2.05, 4.69) is 0 Å². The standard InChI is InChI=1S/C16H26O4/c1-10(17)19-14-6-4-11(8-13(14)18)2-3-12-5-7-15-16(9-12)20-15/h11-16,18H,2-9H2,1H3. The molecular formula is C16H26O4. The molecule has 0 amide bonds. The summed E-state index contributed by atoms with van der Waals surface area (Å²) in [4.78, 5) is 11.0. The Morgan fingerprint density at radius 3 is 2.45 bits per heavy atom. The van der Waals surface area contributed by atoms with Crippen molar-refractivity contribution in [1.82, 2.24) is 0 Å². The van der Waals surface area contributed by atoms with E-state index in [0.717, 1.165) is 25.2 Å². The molecule has 0 aromatic rings. The van der Waals surface area contributed by atoms with Crippen molar-refractivity contribution in [3.8, 4) is 0 Å². The van der Waals surface area contributed by atoms with Crippen LogP contribution in [0.15, 0.2) is 0 Å². The molecule has 0 radical (unpaired) electrons.